The monoisotopic (exact) mass is 916 g/mol. The van der Waals surface area contributed by atoms with E-state index in [0.29, 0.717) is 39.0 Å². The SMILES string of the molecule is CCCCCCCCCCN(CCCCCCCCC)CCC(=O)N1CCN(C(=O)CCN(CCCCCCCCC)CCN(CCCCCCCCC)CCCCCCCCC)CC1. The first-order valence-corrected chi connectivity index (χ1v) is 29.7. The molecular formula is C58H117N5O2. The van der Waals surface area contributed by atoms with Crippen molar-refractivity contribution >= 4 is 11.8 Å². The number of carbonyl (C=O) groups is 2. The van der Waals surface area contributed by atoms with E-state index < -0.39 is 0 Å². The Kier molecular flexibility index (Phi) is 45.5. The smallest absolute Gasteiger partial charge is 0.223 e. The number of unbranched alkanes of at least 4 members (excludes halogenated alkanes) is 31. The summed E-state index contributed by atoms with van der Waals surface area (Å²) in [5.74, 6) is 0.576. The molecule has 0 radical (unpaired) electrons. The van der Waals surface area contributed by atoms with Crippen LogP contribution in [0.4, 0.5) is 0 Å². The van der Waals surface area contributed by atoms with Crippen LogP contribution < -0.4 is 0 Å². The Morgan fingerprint density at radius 1 is 0.262 bits per heavy atom. The van der Waals surface area contributed by atoms with E-state index in [1.807, 2.05) is 0 Å². The molecule has 0 spiro atoms. The fourth-order valence-electron chi connectivity index (χ4n) is 9.96. The molecule has 0 aliphatic carbocycles. The minimum Gasteiger partial charge on any atom is -0.339 e. The van der Waals surface area contributed by atoms with E-state index >= 15 is 0 Å². The standard InChI is InChI=1S/C58H117N5O2/c1-6-11-16-21-26-31-36-38-45-59(44-37-32-27-22-17-12-7-2)49-42-57(64)62-53-55-63(56-54-62)58(65)43-50-61(48-41-35-30-25-20-15-10-5)52-51-60(46-39-33-28-23-18-13-8-3)47-40-34-29-24-19-14-9-4/h6-56H2,1-5H3. The number of rotatable bonds is 50. The van der Waals surface area contributed by atoms with Crippen molar-refractivity contribution in [2.75, 3.05) is 85.1 Å². The molecule has 7 heteroatoms. The predicted molar refractivity (Wildman–Crippen MR) is 286 cm³/mol. The summed E-state index contributed by atoms with van der Waals surface area (Å²) in [6.07, 6.45) is 49.8. The normalized spacial score (nSPS) is 13.4. The highest BCUT2D eigenvalue weighted by molar-refractivity contribution is 5.78. The van der Waals surface area contributed by atoms with Crippen molar-refractivity contribution in [3.63, 3.8) is 0 Å². The fraction of sp³-hybridized carbons (Fsp3) is 0.966. The van der Waals surface area contributed by atoms with Crippen LogP contribution in [0.3, 0.4) is 0 Å². The highest BCUT2D eigenvalue weighted by Gasteiger charge is 2.25. The lowest BCUT2D eigenvalue weighted by molar-refractivity contribution is -0.140. The van der Waals surface area contributed by atoms with Crippen molar-refractivity contribution in [1.82, 2.24) is 24.5 Å². The molecule has 1 aliphatic rings. The third kappa shape index (κ3) is 38.4. The molecule has 0 bridgehead atoms. The molecule has 1 heterocycles. The maximum Gasteiger partial charge on any atom is 0.223 e. The fourth-order valence-corrected chi connectivity index (χ4v) is 9.96. The van der Waals surface area contributed by atoms with E-state index in [-0.39, 0.29) is 11.8 Å². The molecule has 1 fully saturated rings. The second kappa shape index (κ2) is 47.9. The Hall–Kier alpha value is -1.18. The van der Waals surface area contributed by atoms with Crippen molar-refractivity contribution in [2.45, 2.75) is 279 Å². The second-order valence-corrected chi connectivity index (χ2v) is 20.7. The van der Waals surface area contributed by atoms with Gasteiger partial charge in [0.05, 0.1) is 0 Å². The number of amides is 2. The Labute approximate surface area is 408 Å². The lowest BCUT2D eigenvalue weighted by Gasteiger charge is -2.36. The highest BCUT2D eigenvalue weighted by Crippen LogP contribution is 2.15. The molecule has 0 N–H and O–H groups in total. The average molecular weight is 917 g/mol. The van der Waals surface area contributed by atoms with Gasteiger partial charge in [-0.3, -0.25) is 9.59 Å². The maximum absolute atomic E-state index is 13.7. The first kappa shape index (κ1) is 61.8. The van der Waals surface area contributed by atoms with Crippen molar-refractivity contribution in [3.8, 4) is 0 Å². The van der Waals surface area contributed by atoms with Crippen molar-refractivity contribution < 1.29 is 9.59 Å². The zero-order chi connectivity index (χ0) is 47.1. The van der Waals surface area contributed by atoms with E-state index in [0.717, 1.165) is 45.8 Å². The minimum absolute atomic E-state index is 0.288. The lowest BCUT2D eigenvalue weighted by atomic mass is 10.1. The van der Waals surface area contributed by atoms with E-state index in [1.54, 1.807) is 0 Å². The van der Waals surface area contributed by atoms with Crippen LogP contribution in [0.2, 0.25) is 0 Å². The molecule has 1 rings (SSSR count). The molecule has 2 amide bonds. The summed E-state index contributed by atoms with van der Waals surface area (Å²) in [5.41, 5.74) is 0. The van der Waals surface area contributed by atoms with Crippen LogP contribution >= 0.6 is 0 Å². The second-order valence-electron chi connectivity index (χ2n) is 20.7. The summed E-state index contributed by atoms with van der Waals surface area (Å²) in [7, 11) is 0. The van der Waals surface area contributed by atoms with Crippen LogP contribution in [-0.4, -0.2) is 121 Å². The quantitative estimate of drug-likeness (QED) is 0.0569. The van der Waals surface area contributed by atoms with Crippen LogP contribution in [0.5, 0.6) is 0 Å². The molecular weight excluding hydrogens is 799 g/mol. The van der Waals surface area contributed by atoms with E-state index in [1.165, 1.54) is 244 Å². The van der Waals surface area contributed by atoms with Crippen LogP contribution in [0.25, 0.3) is 0 Å². The Balaban J connectivity index is 2.68. The summed E-state index contributed by atoms with van der Waals surface area (Å²) in [4.78, 5) is 39.4. The van der Waals surface area contributed by atoms with Crippen molar-refractivity contribution in [2.24, 2.45) is 0 Å². The minimum atomic E-state index is 0.288. The van der Waals surface area contributed by atoms with Gasteiger partial charge in [-0.1, -0.05) is 234 Å². The number of hydrogen-bond donors (Lipinski definition) is 0. The first-order valence-electron chi connectivity index (χ1n) is 29.7. The average Bonchev–Trinajstić information content (AvgIpc) is 3.32. The zero-order valence-corrected chi connectivity index (χ0v) is 45.1. The molecule has 0 atom stereocenters. The lowest BCUT2D eigenvalue weighted by Crippen LogP contribution is -2.51. The van der Waals surface area contributed by atoms with Gasteiger partial charge in [0, 0.05) is 65.2 Å². The van der Waals surface area contributed by atoms with Gasteiger partial charge in [-0.2, -0.15) is 0 Å². The van der Waals surface area contributed by atoms with Crippen LogP contribution in [-0.2, 0) is 9.59 Å². The zero-order valence-electron chi connectivity index (χ0n) is 45.1. The number of piperazine rings is 1. The van der Waals surface area contributed by atoms with Crippen molar-refractivity contribution in [3.05, 3.63) is 0 Å². The van der Waals surface area contributed by atoms with Gasteiger partial charge in [0.2, 0.25) is 11.8 Å². The van der Waals surface area contributed by atoms with Gasteiger partial charge in [0.1, 0.15) is 0 Å². The van der Waals surface area contributed by atoms with E-state index in [2.05, 4.69) is 59.1 Å². The van der Waals surface area contributed by atoms with Gasteiger partial charge in [0.15, 0.2) is 0 Å². The summed E-state index contributed by atoms with van der Waals surface area (Å²) in [5, 5.41) is 0. The van der Waals surface area contributed by atoms with Gasteiger partial charge < -0.3 is 24.5 Å². The van der Waals surface area contributed by atoms with Gasteiger partial charge in [-0.15, -0.1) is 0 Å². The van der Waals surface area contributed by atoms with Crippen LogP contribution in [0.15, 0.2) is 0 Å². The van der Waals surface area contributed by atoms with Gasteiger partial charge in [0.25, 0.3) is 0 Å². The molecule has 386 valence electrons. The summed E-state index contributed by atoms with van der Waals surface area (Å²) in [6.45, 7) is 24.0. The van der Waals surface area contributed by atoms with Gasteiger partial charge in [-0.25, -0.2) is 0 Å². The topological polar surface area (TPSA) is 50.3 Å². The predicted octanol–water partition coefficient (Wildman–Crippen LogP) is 15.5. The maximum atomic E-state index is 13.7. The third-order valence-electron chi connectivity index (χ3n) is 14.6. The molecule has 0 saturated carbocycles. The number of carbonyl (C=O) groups excluding carboxylic acids is 2. The molecule has 7 nitrogen and oxygen atoms in total. The molecule has 0 aromatic carbocycles. The Morgan fingerprint density at radius 2 is 0.446 bits per heavy atom. The van der Waals surface area contributed by atoms with Gasteiger partial charge >= 0.3 is 0 Å². The third-order valence-corrected chi connectivity index (χ3v) is 14.6. The van der Waals surface area contributed by atoms with Crippen LogP contribution in [0, 0.1) is 0 Å². The first-order chi connectivity index (χ1) is 32.0. The molecule has 65 heavy (non-hydrogen) atoms. The van der Waals surface area contributed by atoms with E-state index in [9.17, 15) is 9.59 Å². The molecule has 1 saturated heterocycles. The molecule has 0 aromatic heterocycles. The Bertz CT molecular complexity index is 985. The summed E-state index contributed by atoms with van der Waals surface area (Å²) < 4.78 is 0. The van der Waals surface area contributed by atoms with E-state index in [4.69, 9.17) is 0 Å². The van der Waals surface area contributed by atoms with Gasteiger partial charge in [-0.05, 0) is 64.8 Å². The summed E-state index contributed by atoms with van der Waals surface area (Å²) >= 11 is 0. The Morgan fingerprint density at radius 3 is 0.677 bits per heavy atom. The largest absolute Gasteiger partial charge is 0.339 e. The highest BCUT2D eigenvalue weighted by atomic mass is 16.2. The van der Waals surface area contributed by atoms with Crippen LogP contribution in [0.1, 0.15) is 279 Å². The summed E-state index contributed by atoms with van der Waals surface area (Å²) in [6, 6.07) is 0. The van der Waals surface area contributed by atoms with Crippen molar-refractivity contribution in [1.29, 1.82) is 0 Å². The molecule has 1 aliphatic heterocycles. The molecule has 0 aromatic rings. The molecule has 0 unspecified atom stereocenters. The number of hydrogen-bond acceptors (Lipinski definition) is 5. The number of nitrogens with zero attached hydrogens (tertiary/aromatic N) is 5.